The van der Waals surface area contributed by atoms with E-state index in [1.807, 2.05) is 6.92 Å². The summed E-state index contributed by atoms with van der Waals surface area (Å²) in [5.74, 6) is -1.25. The van der Waals surface area contributed by atoms with Crippen molar-refractivity contribution in [2.75, 3.05) is 0 Å². The van der Waals surface area contributed by atoms with Crippen molar-refractivity contribution in [2.45, 2.75) is 38.1 Å². The average Bonchev–Trinajstić information content (AvgIpc) is 2.75. The highest BCUT2D eigenvalue weighted by Crippen LogP contribution is 2.30. The Balaban J connectivity index is 2.27. The number of hydrogen-bond donors (Lipinski definition) is 1. The van der Waals surface area contributed by atoms with Crippen molar-refractivity contribution >= 4 is 11.6 Å². The van der Waals surface area contributed by atoms with Crippen LogP contribution in [-0.2, 0) is 0 Å². The van der Waals surface area contributed by atoms with Crippen LogP contribution < -0.4 is 5.32 Å². The van der Waals surface area contributed by atoms with Gasteiger partial charge in [-0.25, -0.2) is 4.39 Å². The molecule has 0 atom stereocenters. The van der Waals surface area contributed by atoms with Gasteiger partial charge in [-0.3, -0.25) is 14.9 Å². The number of nitrogens with one attached hydrogen (secondary N) is 1. The molecule has 1 N–H and O–H groups in total. The molecular formula is C13H15FN2O3. The SMILES string of the molecule is CC1(NC(=O)c2cc(F)ccc2[N+](=O)[O-])CCCC1. The Morgan fingerprint density at radius 3 is 2.63 bits per heavy atom. The third-order valence-electron chi connectivity index (χ3n) is 3.52. The molecule has 0 bridgehead atoms. The van der Waals surface area contributed by atoms with E-state index in [4.69, 9.17) is 0 Å². The van der Waals surface area contributed by atoms with Gasteiger partial charge in [0.15, 0.2) is 0 Å². The Morgan fingerprint density at radius 1 is 1.42 bits per heavy atom. The number of nitro groups is 1. The molecule has 1 saturated carbocycles. The number of carbonyl (C=O) groups is 1. The second-order valence-corrected chi connectivity index (χ2v) is 5.14. The second-order valence-electron chi connectivity index (χ2n) is 5.14. The number of carbonyl (C=O) groups excluding carboxylic acids is 1. The summed E-state index contributed by atoms with van der Waals surface area (Å²) in [7, 11) is 0. The summed E-state index contributed by atoms with van der Waals surface area (Å²) in [4.78, 5) is 22.3. The van der Waals surface area contributed by atoms with Crippen LogP contribution >= 0.6 is 0 Å². The predicted octanol–water partition coefficient (Wildman–Crippen LogP) is 2.80. The molecule has 1 aromatic rings. The molecule has 1 aromatic carbocycles. The molecule has 0 saturated heterocycles. The number of halogens is 1. The minimum Gasteiger partial charge on any atom is -0.347 e. The van der Waals surface area contributed by atoms with Crippen LogP contribution in [0.15, 0.2) is 18.2 Å². The second kappa shape index (κ2) is 4.95. The zero-order valence-electron chi connectivity index (χ0n) is 10.6. The van der Waals surface area contributed by atoms with E-state index in [0.29, 0.717) is 0 Å². The summed E-state index contributed by atoms with van der Waals surface area (Å²) < 4.78 is 13.2. The number of rotatable bonds is 3. The highest BCUT2D eigenvalue weighted by atomic mass is 19.1. The largest absolute Gasteiger partial charge is 0.347 e. The number of nitrogens with zero attached hydrogens (tertiary/aromatic N) is 1. The Bertz CT molecular complexity index is 525. The van der Waals surface area contributed by atoms with Crippen molar-refractivity contribution < 1.29 is 14.1 Å². The van der Waals surface area contributed by atoms with E-state index >= 15 is 0 Å². The van der Waals surface area contributed by atoms with Gasteiger partial charge < -0.3 is 5.32 Å². The minimum absolute atomic E-state index is 0.224. The topological polar surface area (TPSA) is 72.2 Å². The number of nitro benzene ring substituents is 1. The molecule has 0 aromatic heterocycles. The maximum Gasteiger partial charge on any atom is 0.282 e. The number of benzene rings is 1. The van der Waals surface area contributed by atoms with Crippen molar-refractivity contribution in [1.29, 1.82) is 0 Å². The average molecular weight is 266 g/mol. The summed E-state index contributed by atoms with van der Waals surface area (Å²) in [6, 6.07) is 2.90. The first-order valence-electron chi connectivity index (χ1n) is 6.18. The lowest BCUT2D eigenvalue weighted by Crippen LogP contribution is -2.43. The van der Waals surface area contributed by atoms with Crippen molar-refractivity contribution in [3.63, 3.8) is 0 Å². The van der Waals surface area contributed by atoms with E-state index in [1.165, 1.54) is 0 Å². The lowest BCUT2D eigenvalue weighted by atomic mass is 9.99. The molecule has 102 valence electrons. The molecule has 0 spiro atoms. The zero-order chi connectivity index (χ0) is 14.0. The maximum absolute atomic E-state index is 13.2. The van der Waals surface area contributed by atoms with Crippen LogP contribution in [-0.4, -0.2) is 16.4 Å². The molecule has 1 fully saturated rings. The summed E-state index contributed by atoms with van der Waals surface area (Å²) in [6.45, 7) is 1.91. The first-order valence-corrected chi connectivity index (χ1v) is 6.18. The van der Waals surface area contributed by atoms with Gasteiger partial charge in [0.1, 0.15) is 11.4 Å². The lowest BCUT2D eigenvalue weighted by Gasteiger charge is -2.25. The van der Waals surface area contributed by atoms with Gasteiger partial charge >= 0.3 is 0 Å². The first kappa shape index (κ1) is 13.5. The van der Waals surface area contributed by atoms with E-state index < -0.39 is 16.6 Å². The van der Waals surface area contributed by atoms with Crippen molar-refractivity contribution in [3.05, 3.63) is 39.7 Å². The molecule has 0 unspecified atom stereocenters. The van der Waals surface area contributed by atoms with E-state index in [0.717, 1.165) is 43.9 Å². The normalized spacial score (nSPS) is 17.2. The quantitative estimate of drug-likeness (QED) is 0.675. The van der Waals surface area contributed by atoms with E-state index in [9.17, 15) is 19.3 Å². The van der Waals surface area contributed by atoms with E-state index in [2.05, 4.69) is 5.32 Å². The fraction of sp³-hybridized carbons (Fsp3) is 0.462. The van der Waals surface area contributed by atoms with Gasteiger partial charge in [-0.2, -0.15) is 0 Å². The van der Waals surface area contributed by atoms with Gasteiger partial charge in [0.25, 0.3) is 11.6 Å². The molecule has 0 heterocycles. The van der Waals surface area contributed by atoms with Gasteiger partial charge in [-0.15, -0.1) is 0 Å². The molecular weight excluding hydrogens is 251 g/mol. The molecule has 0 aliphatic heterocycles. The minimum atomic E-state index is -0.675. The third-order valence-corrected chi connectivity index (χ3v) is 3.52. The fourth-order valence-corrected chi connectivity index (χ4v) is 2.47. The smallest absolute Gasteiger partial charge is 0.282 e. The van der Waals surface area contributed by atoms with E-state index in [1.54, 1.807) is 0 Å². The fourth-order valence-electron chi connectivity index (χ4n) is 2.47. The molecule has 1 aliphatic carbocycles. The number of hydrogen-bond acceptors (Lipinski definition) is 3. The van der Waals surface area contributed by atoms with Gasteiger partial charge in [-0.05, 0) is 31.9 Å². The van der Waals surface area contributed by atoms with Crippen LogP contribution in [0.5, 0.6) is 0 Å². The molecule has 1 aliphatic rings. The number of amides is 1. The van der Waals surface area contributed by atoms with Crippen LogP contribution in [0.2, 0.25) is 0 Å². The predicted molar refractivity (Wildman–Crippen MR) is 67.4 cm³/mol. The van der Waals surface area contributed by atoms with Crippen LogP contribution in [0, 0.1) is 15.9 Å². The third kappa shape index (κ3) is 2.89. The maximum atomic E-state index is 13.2. The summed E-state index contributed by atoms with van der Waals surface area (Å²) in [5, 5.41) is 13.6. The summed E-state index contributed by atoms with van der Waals surface area (Å²) >= 11 is 0. The zero-order valence-corrected chi connectivity index (χ0v) is 10.6. The highest BCUT2D eigenvalue weighted by Gasteiger charge is 2.32. The van der Waals surface area contributed by atoms with E-state index in [-0.39, 0.29) is 16.8 Å². The van der Waals surface area contributed by atoms with Crippen molar-refractivity contribution in [2.24, 2.45) is 0 Å². The van der Waals surface area contributed by atoms with Gasteiger partial charge in [0.05, 0.1) is 4.92 Å². The first-order chi connectivity index (χ1) is 8.91. The van der Waals surface area contributed by atoms with Crippen LogP contribution in [0.25, 0.3) is 0 Å². The van der Waals surface area contributed by atoms with Gasteiger partial charge in [0, 0.05) is 11.6 Å². The van der Waals surface area contributed by atoms with Crippen molar-refractivity contribution in [1.82, 2.24) is 5.32 Å². The standard InChI is InChI=1S/C13H15FN2O3/c1-13(6-2-3-7-13)15-12(17)10-8-9(14)4-5-11(10)16(18)19/h4-5,8H,2-3,6-7H2,1H3,(H,15,17). The van der Waals surface area contributed by atoms with Crippen LogP contribution in [0.1, 0.15) is 43.0 Å². The highest BCUT2D eigenvalue weighted by molar-refractivity contribution is 5.98. The summed E-state index contributed by atoms with van der Waals surface area (Å²) in [5.41, 5.74) is -0.948. The Morgan fingerprint density at radius 2 is 2.05 bits per heavy atom. The summed E-state index contributed by atoms with van der Waals surface area (Å²) in [6.07, 6.45) is 3.70. The molecule has 19 heavy (non-hydrogen) atoms. The Kier molecular flexibility index (Phi) is 3.50. The monoisotopic (exact) mass is 266 g/mol. The molecule has 1 amide bonds. The molecule has 5 nitrogen and oxygen atoms in total. The molecule has 2 rings (SSSR count). The molecule has 6 heteroatoms. The Labute approximate surface area is 110 Å². The van der Waals surface area contributed by atoms with Crippen molar-refractivity contribution in [3.8, 4) is 0 Å². The van der Waals surface area contributed by atoms with Crippen LogP contribution in [0.4, 0.5) is 10.1 Å². The Hall–Kier alpha value is -1.98. The van der Waals surface area contributed by atoms with Crippen LogP contribution in [0.3, 0.4) is 0 Å². The lowest BCUT2D eigenvalue weighted by molar-refractivity contribution is -0.385. The van der Waals surface area contributed by atoms with Gasteiger partial charge in [-0.1, -0.05) is 12.8 Å². The van der Waals surface area contributed by atoms with Gasteiger partial charge in [0.2, 0.25) is 0 Å². The molecule has 0 radical (unpaired) electrons.